The van der Waals surface area contributed by atoms with Crippen molar-refractivity contribution in [2.45, 2.75) is 31.0 Å². The molecule has 3 rings (SSSR count). The molecule has 2 N–H and O–H groups in total. The van der Waals surface area contributed by atoms with Gasteiger partial charge in [0.25, 0.3) is 0 Å². The molecule has 0 aromatic heterocycles. The lowest BCUT2D eigenvalue weighted by molar-refractivity contribution is -0.138. The van der Waals surface area contributed by atoms with Crippen LogP contribution in [-0.4, -0.2) is 17.0 Å². The topological polar surface area (TPSA) is 66.4 Å². The molecule has 3 unspecified atom stereocenters. The first-order valence-corrected chi connectivity index (χ1v) is 8.60. The number of carboxylic acid groups (broad SMARTS) is 1. The van der Waals surface area contributed by atoms with Gasteiger partial charge in [0.2, 0.25) is 5.91 Å². The molecular formula is C20H17F4NO3. The van der Waals surface area contributed by atoms with Crippen LogP contribution < -0.4 is 5.32 Å². The number of halogens is 4. The maximum Gasteiger partial charge on any atom is 0.416 e. The van der Waals surface area contributed by atoms with Gasteiger partial charge in [-0.15, -0.1) is 0 Å². The maximum atomic E-state index is 13.1. The number of hydrogen-bond acceptors (Lipinski definition) is 2. The van der Waals surface area contributed by atoms with Crippen LogP contribution in [0.3, 0.4) is 0 Å². The summed E-state index contributed by atoms with van der Waals surface area (Å²) in [6.45, 7) is 0. The van der Waals surface area contributed by atoms with Crippen molar-refractivity contribution in [1.82, 2.24) is 5.32 Å². The fourth-order valence-electron chi connectivity index (χ4n) is 3.17. The SMILES string of the molecule is O=C(O)CC(NC(=O)C1CC1c1ccc(C(F)(F)F)cc1)c1ccc(F)cc1. The third kappa shape index (κ3) is 4.68. The van der Waals surface area contributed by atoms with Crippen LogP contribution in [0.25, 0.3) is 0 Å². The second-order valence-corrected chi connectivity index (χ2v) is 6.78. The average molecular weight is 395 g/mol. The smallest absolute Gasteiger partial charge is 0.416 e. The molecule has 0 spiro atoms. The van der Waals surface area contributed by atoms with E-state index in [-0.39, 0.29) is 18.2 Å². The lowest BCUT2D eigenvalue weighted by Gasteiger charge is -2.17. The molecule has 148 valence electrons. The minimum Gasteiger partial charge on any atom is -0.481 e. The van der Waals surface area contributed by atoms with E-state index < -0.39 is 35.5 Å². The fourth-order valence-corrected chi connectivity index (χ4v) is 3.17. The number of nitrogens with one attached hydrogen (secondary N) is 1. The normalized spacial score (nSPS) is 19.7. The number of carbonyl (C=O) groups is 2. The predicted molar refractivity (Wildman–Crippen MR) is 91.8 cm³/mol. The van der Waals surface area contributed by atoms with Crippen LogP contribution in [0.5, 0.6) is 0 Å². The van der Waals surface area contributed by atoms with Crippen molar-refractivity contribution in [3.05, 3.63) is 71.0 Å². The van der Waals surface area contributed by atoms with Crippen LogP contribution >= 0.6 is 0 Å². The van der Waals surface area contributed by atoms with Crippen LogP contribution in [0.15, 0.2) is 48.5 Å². The highest BCUT2D eigenvalue weighted by molar-refractivity contribution is 5.84. The Morgan fingerprint density at radius 1 is 1.07 bits per heavy atom. The highest BCUT2D eigenvalue weighted by atomic mass is 19.4. The molecule has 0 saturated heterocycles. The van der Waals surface area contributed by atoms with Gasteiger partial charge in [-0.3, -0.25) is 9.59 Å². The van der Waals surface area contributed by atoms with Crippen LogP contribution in [0.4, 0.5) is 17.6 Å². The number of alkyl halides is 3. The molecule has 0 radical (unpaired) electrons. The van der Waals surface area contributed by atoms with Crippen LogP contribution in [-0.2, 0) is 15.8 Å². The Kier molecular flexibility index (Phi) is 5.40. The number of benzene rings is 2. The summed E-state index contributed by atoms with van der Waals surface area (Å²) < 4.78 is 51.0. The largest absolute Gasteiger partial charge is 0.481 e. The zero-order valence-corrected chi connectivity index (χ0v) is 14.5. The molecule has 8 heteroatoms. The van der Waals surface area contributed by atoms with Crippen LogP contribution in [0.1, 0.15) is 41.5 Å². The summed E-state index contributed by atoms with van der Waals surface area (Å²) in [5.41, 5.74) is 0.337. The van der Waals surface area contributed by atoms with Gasteiger partial charge in [0, 0.05) is 5.92 Å². The summed E-state index contributed by atoms with van der Waals surface area (Å²) in [5.74, 6) is -2.62. The molecule has 1 amide bonds. The first kappa shape index (κ1) is 19.9. The third-order valence-electron chi connectivity index (χ3n) is 4.76. The lowest BCUT2D eigenvalue weighted by Crippen LogP contribution is -2.31. The highest BCUT2D eigenvalue weighted by Crippen LogP contribution is 2.48. The zero-order valence-electron chi connectivity index (χ0n) is 14.5. The molecule has 3 atom stereocenters. The second kappa shape index (κ2) is 7.61. The van der Waals surface area contributed by atoms with Crippen molar-refractivity contribution in [1.29, 1.82) is 0 Å². The molecule has 0 heterocycles. The first-order valence-electron chi connectivity index (χ1n) is 8.60. The number of carboxylic acids is 1. The van der Waals surface area contributed by atoms with Crippen molar-refractivity contribution >= 4 is 11.9 Å². The molecule has 1 aliphatic carbocycles. The quantitative estimate of drug-likeness (QED) is 0.718. The minimum absolute atomic E-state index is 0.207. The fraction of sp³-hybridized carbons (Fsp3) is 0.300. The molecule has 1 saturated carbocycles. The van der Waals surface area contributed by atoms with E-state index in [9.17, 15) is 27.2 Å². The van der Waals surface area contributed by atoms with E-state index in [1.807, 2.05) is 0 Å². The number of aliphatic carboxylic acids is 1. The molecule has 28 heavy (non-hydrogen) atoms. The van der Waals surface area contributed by atoms with Gasteiger partial charge < -0.3 is 10.4 Å². The van der Waals surface area contributed by atoms with E-state index in [1.54, 1.807) is 0 Å². The van der Waals surface area contributed by atoms with Gasteiger partial charge in [-0.25, -0.2) is 4.39 Å². The van der Waals surface area contributed by atoms with Crippen LogP contribution in [0.2, 0.25) is 0 Å². The van der Waals surface area contributed by atoms with Crippen molar-refractivity contribution in [3.8, 4) is 0 Å². The Morgan fingerprint density at radius 2 is 1.68 bits per heavy atom. The van der Waals surface area contributed by atoms with E-state index in [0.29, 0.717) is 17.5 Å². The molecule has 2 aromatic carbocycles. The van der Waals surface area contributed by atoms with Gasteiger partial charge in [0.1, 0.15) is 5.82 Å². The number of carbonyl (C=O) groups excluding carboxylic acids is 1. The highest BCUT2D eigenvalue weighted by Gasteiger charge is 2.44. The second-order valence-electron chi connectivity index (χ2n) is 6.78. The van der Waals surface area contributed by atoms with E-state index in [0.717, 1.165) is 12.1 Å². The van der Waals surface area contributed by atoms with Gasteiger partial charge >= 0.3 is 12.1 Å². The lowest BCUT2D eigenvalue weighted by atomic mass is 10.0. The summed E-state index contributed by atoms with van der Waals surface area (Å²) in [6, 6.07) is 9.02. The Labute approximate surface area is 158 Å². The molecule has 1 fully saturated rings. The summed E-state index contributed by atoms with van der Waals surface area (Å²) in [5, 5.41) is 11.7. The Bertz CT molecular complexity index is 863. The molecule has 4 nitrogen and oxygen atoms in total. The number of amides is 1. The Morgan fingerprint density at radius 3 is 2.21 bits per heavy atom. The van der Waals surface area contributed by atoms with Crippen molar-refractivity contribution in [3.63, 3.8) is 0 Å². The summed E-state index contributed by atoms with van der Waals surface area (Å²) in [7, 11) is 0. The van der Waals surface area contributed by atoms with E-state index in [2.05, 4.69) is 5.32 Å². The Hall–Kier alpha value is -2.90. The number of rotatable bonds is 6. The van der Waals surface area contributed by atoms with Crippen molar-refractivity contribution in [2.75, 3.05) is 0 Å². The predicted octanol–water partition coefficient (Wildman–Crippen LogP) is 4.28. The van der Waals surface area contributed by atoms with Gasteiger partial charge in [-0.1, -0.05) is 24.3 Å². The van der Waals surface area contributed by atoms with E-state index in [1.165, 1.54) is 36.4 Å². The molecule has 0 bridgehead atoms. The standard InChI is InChI=1S/C20H17F4NO3/c21-14-7-3-12(4-8-14)17(10-18(26)27)25-19(28)16-9-15(16)11-1-5-13(6-2-11)20(22,23)24/h1-8,15-17H,9-10H2,(H,25,28)(H,26,27). The molecular weight excluding hydrogens is 378 g/mol. The maximum absolute atomic E-state index is 13.1. The minimum atomic E-state index is -4.42. The molecule has 1 aliphatic rings. The summed E-state index contributed by atoms with van der Waals surface area (Å²) in [4.78, 5) is 23.6. The first-order chi connectivity index (χ1) is 13.1. The van der Waals surface area contributed by atoms with Gasteiger partial charge in [-0.05, 0) is 47.7 Å². The average Bonchev–Trinajstić information content (AvgIpc) is 3.42. The third-order valence-corrected chi connectivity index (χ3v) is 4.76. The van der Waals surface area contributed by atoms with Crippen molar-refractivity contribution in [2.24, 2.45) is 5.92 Å². The van der Waals surface area contributed by atoms with E-state index in [4.69, 9.17) is 5.11 Å². The van der Waals surface area contributed by atoms with E-state index >= 15 is 0 Å². The zero-order chi connectivity index (χ0) is 20.5. The monoisotopic (exact) mass is 395 g/mol. The Balaban J connectivity index is 1.66. The summed E-state index contributed by atoms with van der Waals surface area (Å²) >= 11 is 0. The van der Waals surface area contributed by atoms with Gasteiger partial charge in [0.15, 0.2) is 0 Å². The summed E-state index contributed by atoms with van der Waals surface area (Å²) in [6.07, 6.45) is -4.31. The van der Waals surface area contributed by atoms with Gasteiger partial charge in [0.05, 0.1) is 18.0 Å². The molecule has 0 aliphatic heterocycles. The van der Waals surface area contributed by atoms with Crippen LogP contribution in [0, 0.1) is 11.7 Å². The molecule has 2 aromatic rings. The van der Waals surface area contributed by atoms with Crippen molar-refractivity contribution < 1.29 is 32.3 Å². The van der Waals surface area contributed by atoms with Gasteiger partial charge in [-0.2, -0.15) is 13.2 Å². The number of hydrogen-bond donors (Lipinski definition) is 2.